The van der Waals surface area contributed by atoms with Crippen LogP contribution in [0.1, 0.15) is 58.8 Å². The number of halogens is 1. The molecule has 1 aliphatic heterocycles. The minimum absolute atomic E-state index is 0.0474. The molecule has 27 heavy (non-hydrogen) atoms. The zero-order chi connectivity index (χ0) is 20.0. The van der Waals surface area contributed by atoms with Crippen LogP contribution in [0.25, 0.3) is 0 Å². The van der Waals surface area contributed by atoms with Gasteiger partial charge < -0.3 is 20.1 Å². The van der Waals surface area contributed by atoms with Crippen LogP contribution in [0, 0.1) is 17.8 Å². The largest absolute Gasteiger partial charge is 0.491 e. The highest BCUT2D eigenvalue weighted by Gasteiger charge is 2.53. The quantitative estimate of drug-likeness (QED) is 0.396. The molecule has 2 unspecified atom stereocenters. The van der Waals surface area contributed by atoms with Crippen molar-refractivity contribution >= 4 is 5.97 Å². The van der Waals surface area contributed by atoms with E-state index >= 15 is 0 Å². The summed E-state index contributed by atoms with van der Waals surface area (Å²) in [6.45, 7) is 4.10. The Labute approximate surface area is 160 Å². The predicted octanol–water partition coefficient (Wildman–Crippen LogP) is 3.60. The maximum atomic E-state index is 14.9. The first kappa shape index (κ1) is 21.9. The van der Waals surface area contributed by atoms with Crippen LogP contribution in [-0.2, 0) is 9.53 Å². The number of fused-ring (bicyclic) bond motifs is 1. The van der Waals surface area contributed by atoms with Crippen molar-refractivity contribution in [1.29, 1.82) is 0 Å². The molecule has 0 radical (unpaired) electrons. The Balaban J connectivity index is 1.95. The van der Waals surface area contributed by atoms with Gasteiger partial charge in [-0.05, 0) is 31.3 Å². The van der Waals surface area contributed by atoms with Crippen molar-refractivity contribution < 1.29 is 29.2 Å². The molecule has 0 amide bonds. The van der Waals surface area contributed by atoms with Crippen LogP contribution in [0.5, 0.6) is 0 Å². The van der Waals surface area contributed by atoms with Crippen molar-refractivity contribution in [2.45, 2.75) is 83.3 Å². The number of carboxylic acids is 1. The van der Waals surface area contributed by atoms with Gasteiger partial charge in [-0.2, -0.15) is 0 Å². The summed E-state index contributed by atoms with van der Waals surface area (Å²) in [7, 11) is 0. The fourth-order valence-electron chi connectivity index (χ4n) is 4.04. The van der Waals surface area contributed by atoms with Crippen LogP contribution < -0.4 is 0 Å². The molecule has 1 aliphatic carbocycles. The lowest BCUT2D eigenvalue weighted by Crippen LogP contribution is -2.25. The maximum absolute atomic E-state index is 14.9. The van der Waals surface area contributed by atoms with E-state index in [0.29, 0.717) is 19.3 Å². The molecule has 0 spiro atoms. The lowest BCUT2D eigenvalue weighted by molar-refractivity contribution is -0.137. The molecule has 0 aromatic heterocycles. The number of unbranched alkanes of at least 4 members (excludes halogenated alkanes) is 2. The van der Waals surface area contributed by atoms with Gasteiger partial charge in [-0.15, -0.1) is 0 Å². The van der Waals surface area contributed by atoms with Crippen molar-refractivity contribution in [2.75, 3.05) is 0 Å². The summed E-state index contributed by atoms with van der Waals surface area (Å²) in [4.78, 5) is 10.5. The molecular weight excluding hydrogens is 351 g/mol. The number of aliphatic hydroxyl groups excluding tert-OH is 2. The lowest BCUT2D eigenvalue weighted by atomic mass is 9.88. The van der Waals surface area contributed by atoms with Crippen molar-refractivity contribution in [2.24, 2.45) is 17.8 Å². The van der Waals surface area contributed by atoms with Gasteiger partial charge in [-0.3, -0.25) is 4.79 Å². The van der Waals surface area contributed by atoms with Crippen molar-refractivity contribution in [1.82, 2.24) is 0 Å². The monoisotopic (exact) mass is 384 g/mol. The third-order valence-corrected chi connectivity index (χ3v) is 5.76. The number of hydrogen-bond acceptors (Lipinski definition) is 4. The van der Waals surface area contributed by atoms with E-state index in [1.165, 1.54) is 0 Å². The Bertz CT molecular complexity index is 547. The molecule has 1 heterocycles. The van der Waals surface area contributed by atoms with Crippen LogP contribution >= 0.6 is 0 Å². The summed E-state index contributed by atoms with van der Waals surface area (Å²) >= 11 is 0. The minimum atomic E-state index is -1.30. The topological polar surface area (TPSA) is 87.0 Å². The van der Waals surface area contributed by atoms with Crippen LogP contribution in [0.15, 0.2) is 24.0 Å². The summed E-state index contributed by atoms with van der Waals surface area (Å²) in [5.41, 5.74) is 0. The molecule has 154 valence electrons. The second-order valence-electron chi connectivity index (χ2n) is 7.90. The normalized spacial score (nSPS) is 34.0. The zero-order valence-electron chi connectivity index (χ0n) is 16.3. The van der Waals surface area contributed by atoms with Gasteiger partial charge in [0.25, 0.3) is 0 Å². The van der Waals surface area contributed by atoms with Gasteiger partial charge in [-0.1, -0.05) is 38.8 Å². The van der Waals surface area contributed by atoms with Crippen LogP contribution in [0.3, 0.4) is 0 Å². The number of alkyl halides is 1. The smallest absolute Gasteiger partial charge is 0.303 e. The molecule has 0 aromatic carbocycles. The number of carbonyl (C=O) groups is 1. The minimum Gasteiger partial charge on any atom is -0.491 e. The zero-order valence-corrected chi connectivity index (χ0v) is 16.3. The van der Waals surface area contributed by atoms with Gasteiger partial charge in [0.05, 0.1) is 12.2 Å². The fraction of sp³-hybridized carbons (Fsp3) is 0.762. The molecule has 7 atom stereocenters. The molecule has 3 N–H and O–H groups in total. The molecule has 2 fully saturated rings. The van der Waals surface area contributed by atoms with E-state index in [1.807, 2.05) is 6.92 Å². The van der Waals surface area contributed by atoms with Crippen LogP contribution in [0.4, 0.5) is 4.39 Å². The molecular formula is C21H33FO5. The van der Waals surface area contributed by atoms with Gasteiger partial charge in [0.15, 0.2) is 6.17 Å². The SMILES string of the molecule is CCCCC(C)[C@@H](O)/C=C/[C@@H]1[C@H]2C(F)/C(=C/CCCC(=O)O)O[C@H]2C[C@H]1O. The first-order valence-corrected chi connectivity index (χ1v) is 10.1. The van der Waals surface area contributed by atoms with E-state index in [0.717, 1.165) is 19.3 Å². The number of rotatable bonds is 10. The van der Waals surface area contributed by atoms with Gasteiger partial charge in [0.1, 0.15) is 11.9 Å². The van der Waals surface area contributed by atoms with E-state index in [1.54, 1.807) is 18.2 Å². The van der Waals surface area contributed by atoms with E-state index < -0.39 is 30.3 Å². The second-order valence-corrected chi connectivity index (χ2v) is 7.90. The van der Waals surface area contributed by atoms with Gasteiger partial charge in [0.2, 0.25) is 0 Å². The molecule has 6 heteroatoms. The number of allylic oxidation sites excluding steroid dienone is 2. The Hall–Kier alpha value is -1.40. The molecule has 1 saturated heterocycles. The highest BCUT2D eigenvalue weighted by atomic mass is 19.1. The summed E-state index contributed by atoms with van der Waals surface area (Å²) in [5.74, 6) is -1.32. The average molecular weight is 384 g/mol. The number of aliphatic carboxylic acids is 1. The summed E-state index contributed by atoms with van der Waals surface area (Å²) in [6, 6.07) is 0. The van der Waals surface area contributed by atoms with Gasteiger partial charge in [0, 0.05) is 24.7 Å². The van der Waals surface area contributed by atoms with Gasteiger partial charge >= 0.3 is 5.97 Å². The standard InChI is InChI=1S/C21H33FO5/c1-3-4-7-13(2)15(23)11-10-14-16(24)12-18-20(14)21(22)17(27-18)8-5-6-9-19(25)26/h8,10-11,13-16,18,20-21,23-24H,3-7,9,12H2,1-2H3,(H,25,26)/b11-10+,17-8-/t13?,14-,15-,16+,18-,20+,21?/m0/s1. The Kier molecular flexibility index (Phi) is 8.29. The van der Waals surface area contributed by atoms with E-state index in [4.69, 9.17) is 9.84 Å². The predicted molar refractivity (Wildman–Crippen MR) is 101 cm³/mol. The molecule has 2 aliphatic rings. The summed E-state index contributed by atoms with van der Waals surface area (Å²) in [5, 5.41) is 29.2. The van der Waals surface area contributed by atoms with E-state index in [-0.39, 0.29) is 30.1 Å². The molecule has 0 aromatic rings. The molecule has 5 nitrogen and oxygen atoms in total. The van der Waals surface area contributed by atoms with Gasteiger partial charge in [-0.25, -0.2) is 4.39 Å². The highest BCUT2D eigenvalue weighted by molar-refractivity contribution is 5.66. The number of carboxylic acid groups (broad SMARTS) is 1. The van der Waals surface area contributed by atoms with Crippen molar-refractivity contribution in [3.63, 3.8) is 0 Å². The first-order chi connectivity index (χ1) is 12.8. The molecule has 2 rings (SSSR count). The Morgan fingerprint density at radius 3 is 2.81 bits per heavy atom. The van der Waals surface area contributed by atoms with Crippen LogP contribution in [-0.4, -0.2) is 45.8 Å². The third kappa shape index (κ3) is 5.79. The average Bonchev–Trinajstić information content (AvgIpc) is 3.09. The third-order valence-electron chi connectivity index (χ3n) is 5.76. The molecule has 0 bridgehead atoms. The maximum Gasteiger partial charge on any atom is 0.303 e. The Morgan fingerprint density at radius 1 is 1.41 bits per heavy atom. The number of ether oxygens (including phenoxy) is 1. The van der Waals surface area contributed by atoms with E-state index in [9.17, 15) is 19.4 Å². The Morgan fingerprint density at radius 2 is 2.15 bits per heavy atom. The number of aliphatic hydroxyl groups is 2. The van der Waals surface area contributed by atoms with Crippen molar-refractivity contribution in [3.8, 4) is 0 Å². The summed E-state index contributed by atoms with van der Waals surface area (Å²) in [6.07, 6.45) is 6.51. The van der Waals surface area contributed by atoms with Crippen molar-refractivity contribution in [3.05, 3.63) is 24.0 Å². The fourth-order valence-corrected chi connectivity index (χ4v) is 4.04. The van der Waals surface area contributed by atoms with E-state index in [2.05, 4.69) is 6.92 Å². The number of hydrogen-bond donors (Lipinski definition) is 3. The summed E-state index contributed by atoms with van der Waals surface area (Å²) < 4.78 is 20.6. The first-order valence-electron chi connectivity index (χ1n) is 10.1. The van der Waals surface area contributed by atoms with Crippen LogP contribution in [0.2, 0.25) is 0 Å². The second kappa shape index (κ2) is 10.2. The molecule has 1 saturated carbocycles. The lowest BCUT2D eigenvalue weighted by Gasteiger charge is -2.20. The highest BCUT2D eigenvalue weighted by Crippen LogP contribution is 2.47.